The second kappa shape index (κ2) is 9.06. The molecule has 6 heteroatoms. The number of rotatable bonds is 7. The topological polar surface area (TPSA) is 57.5 Å². The Morgan fingerprint density at radius 2 is 1.74 bits per heavy atom. The Hall–Kier alpha value is -3.57. The minimum atomic E-state index is -0.226. The van der Waals surface area contributed by atoms with Gasteiger partial charge in [-0.1, -0.05) is 29.8 Å². The largest absolute Gasteiger partial charge is 0.497 e. The molecule has 1 aromatic heterocycles. The lowest BCUT2D eigenvalue weighted by Crippen LogP contribution is -2.17. The van der Waals surface area contributed by atoms with Crippen molar-refractivity contribution in [2.75, 3.05) is 7.11 Å². The summed E-state index contributed by atoms with van der Waals surface area (Å²) >= 11 is 5.99. The minimum Gasteiger partial charge on any atom is -0.497 e. The lowest BCUT2D eigenvalue weighted by Gasteiger charge is -2.12. The van der Waals surface area contributed by atoms with E-state index in [9.17, 15) is 9.59 Å². The summed E-state index contributed by atoms with van der Waals surface area (Å²) in [6.45, 7) is 0.128. The van der Waals surface area contributed by atoms with Crippen molar-refractivity contribution in [2.45, 2.75) is 13.0 Å². The SMILES string of the molecule is COc1ccc2c(c1)c(CC=O)c(COc1ccccc1)n2C(=O)c1ccc(Cl)cc1. The van der Waals surface area contributed by atoms with Crippen LogP contribution in [-0.2, 0) is 17.8 Å². The normalized spacial score (nSPS) is 10.8. The van der Waals surface area contributed by atoms with E-state index in [0.29, 0.717) is 33.3 Å². The number of halogens is 1. The van der Waals surface area contributed by atoms with Crippen LogP contribution >= 0.6 is 11.6 Å². The molecule has 0 fully saturated rings. The van der Waals surface area contributed by atoms with Crippen molar-refractivity contribution in [3.05, 3.63) is 94.6 Å². The standard InChI is InChI=1S/C25H20ClNO4/c1-30-20-11-12-23-22(15-20)21(13-14-28)24(16-31-19-5-3-2-4-6-19)27(23)25(29)17-7-9-18(26)10-8-17/h2-12,14-15H,13,16H2,1H3. The zero-order chi connectivity index (χ0) is 21.8. The van der Waals surface area contributed by atoms with E-state index in [2.05, 4.69) is 0 Å². The number of fused-ring (bicyclic) bond motifs is 1. The van der Waals surface area contributed by atoms with Crippen LogP contribution in [0.3, 0.4) is 0 Å². The number of aldehydes is 1. The molecule has 31 heavy (non-hydrogen) atoms. The van der Waals surface area contributed by atoms with Gasteiger partial charge in [0.1, 0.15) is 24.4 Å². The number of hydrogen-bond acceptors (Lipinski definition) is 4. The van der Waals surface area contributed by atoms with Gasteiger partial charge < -0.3 is 14.3 Å². The average Bonchev–Trinajstić information content (AvgIpc) is 3.11. The molecule has 4 rings (SSSR count). The third-order valence-corrected chi connectivity index (χ3v) is 5.34. The predicted molar refractivity (Wildman–Crippen MR) is 120 cm³/mol. The van der Waals surface area contributed by atoms with Crippen molar-refractivity contribution in [1.82, 2.24) is 4.57 Å². The average molecular weight is 434 g/mol. The second-order valence-corrected chi connectivity index (χ2v) is 7.36. The van der Waals surface area contributed by atoms with Crippen LogP contribution in [0.25, 0.3) is 10.9 Å². The van der Waals surface area contributed by atoms with E-state index in [1.165, 1.54) is 0 Å². The summed E-state index contributed by atoms with van der Waals surface area (Å²) in [4.78, 5) is 25.0. The fourth-order valence-corrected chi connectivity index (χ4v) is 3.73. The molecule has 0 bridgehead atoms. The maximum Gasteiger partial charge on any atom is 0.262 e. The number of methoxy groups -OCH3 is 1. The molecule has 0 radical (unpaired) electrons. The first-order chi connectivity index (χ1) is 15.1. The van der Waals surface area contributed by atoms with E-state index in [4.69, 9.17) is 21.1 Å². The maximum absolute atomic E-state index is 13.5. The molecular formula is C25H20ClNO4. The van der Waals surface area contributed by atoms with Crippen LogP contribution < -0.4 is 9.47 Å². The Kier molecular flexibility index (Phi) is 6.05. The van der Waals surface area contributed by atoms with Crippen molar-refractivity contribution in [2.24, 2.45) is 0 Å². The molecule has 0 atom stereocenters. The van der Waals surface area contributed by atoms with Gasteiger partial charge in [-0.3, -0.25) is 9.36 Å². The van der Waals surface area contributed by atoms with Gasteiger partial charge >= 0.3 is 0 Å². The van der Waals surface area contributed by atoms with Crippen LogP contribution in [0.5, 0.6) is 11.5 Å². The smallest absolute Gasteiger partial charge is 0.262 e. The number of para-hydroxylation sites is 1. The molecule has 156 valence electrons. The fraction of sp³-hybridized carbons (Fsp3) is 0.120. The van der Waals surface area contributed by atoms with Crippen molar-refractivity contribution < 1.29 is 19.1 Å². The van der Waals surface area contributed by atoms with Crippen molar-refractivity contribution in [3.8, 4) is 11.5 Å². The summed E-state index contributed by atoms with van der Waals surface area (Å²) in [6, 6.07) is 21.5. The molecule has 4 aromatic rings. The van der Waals surface area contributed by atoms with Crippen molar-refractivity contribution >= 4 is 34.7 Å². The lowest BCUT2D eigenvalue weighted by atomic mass is 10.1. The van der Waals surface area contributed by atoms with Crippen LogP contribution in [0.1, 0.15) is 21.6 Å². The number of aromatic nitrogens is 1. The quantitative estimate of drug-likeness (QED) is 0.370. The van der Waals surface area contributed by atoms with Crippen LogP contribution in [0.4, 0.5) is 0 Å². The Bertz CT molecular complexity index is 1230. The van der Waals surface area contributed by atoms with E-state index in [0.717, 1.165) is 17.2 Å². The summed E-state index contributed by atoms with van der Waals surface area (Å²) in [6.07, 6.45) is 0.982. The Balaban J connectivity index is 1.89. The number of benzene rings is 3. The summed E-state index contributed by atoms with van der Waals surface area (Å²) < 4.78 is 12.9. The summed E-state index contributed by atoms with van der Waals surface area (Å²) in [5.41, 5.74) is 2.53. The van der Waals surface area contributed by atoms with E-state index in [1.54, 1.807) is 42.0 Å². The van der Waals surface area contributed by atoms with Crippen LogP contribution in [0, 0.1) is 0 Å². The van der Waals surface area contributed by atoms with Gasteiger partial charge in [0.15, 0.2) is 0 Å². The van der Waals surface area contributed by atoms with Gasteiger partial charge in [0.25, 0.3) is 5.91 Å². The molecule has 0 saturated heterocycles. The lowest BCUT2D eigenvalue weighted by molar-refractivity contribution is -0.107. The van der Waals surface area contributed by atoms with Crippen molar-refractivity contribution in [1.29, 1.82) is 0 Å². The third kappa shape index (κ3) is 4.18. The molecule has 0 amide bonds. The monoisotopic (exact) mass is 433 g/mol. The molecule has 5 nitrogen and oxygen atoms in total. The Morgan fingerprint density at radius 1 is 1.00 bits per heavy atom. The molecule has 3 aromatic carbocycles. The highest BCUT2D eigenvalue weighted by Gasteiger charge is 2.23. The first-order valence-corrected chi connectivity index (χ1v) is 10.1. The van der Waals surface area contributed by atoms with Gasteiger partial charge in [-0.2, -0.15) is 0 Å². The number of nitrogens with zero attached hydrogens (tertiary/aromatic N) is 1. The van der Waals surface area contributed by atoms with Crippen LogP contribution in [0.2, 0.25) is 5.02 Å². The predicted octanol–water partition coefficient (Wildman–Crippen LogP) is 5.31. The first kappa shape index (κ1) is 20.7. The molecule has 0 aliphatic rings. The molecule has 0 aliphatic carbocycles. The third-order valence-electron chi connectivity index (χ3n) is 5.09. The van der Waals surface area contributed by atoms with Gasteiger partial charge in [-0.25, -0.2) is 0 Å². The highest BCUT2D eigenvalue weighted by Crippen LogP contribution is 2.32. The molecule has 0 spiro atoms. The van der Waals surface area contributed by atoms with E-state index >= 15 is 0 Å². The zero-order valence-electron chi connectivity index (χ0n) is 16.9. The van der Waals surface area contributed by atoms with E-state index in [-0.39, 0.29) is 18.9 Å². The number of ether oxygens (including phenoxy) is 2. The zero-order valence-corrected chi connectivity index (χ0v) is 17.6. The molecule has 0 saturated carbocycles. The molecular weight excluding hydrogens is 414 g/mol. The van der Waals surface area contributed by atoms with Crippen molar-refractivity contribution in [3.63, 3.8) is 0 Å². The van der Waals surface area contributed by atoms with Crippen LogP contribution in [0.15, 0.2) is 72.8 Å². The molecule has 0 unspecified atom stereocenters. The van der Waals surface area contributed by atoms with E-state index < -0.39 is 0 Å². The highest BCUT2D eigenvalue weighted by atomic mass is 35.5. The van der Waals surface area contributed by atoms with E-state index in [1.807, 2.05) is 42.5 Å². The molecule has 1 heterocycles. The summed E-state index contributed by atoms with van der Waals surface area (Å²) in [7, 11) is 1.58. The number of carbonyl (C=O) groups is 2. The van der Waals surface area contributed by atoms with Crippen LogP contribution in [-0.4, -0.2) is 23.9 Å². The van der Waals surface area contributed by atoms with Gasteiger partial charge in [0.2, 0.25) is 0 Å². The maximum atomic E-state index is 13.5. The Labute approximate surface area is 184 Å². The molecule has 0 N–H and O–H groups in total. The summed E-state index contributed by atoms with van der Waals surface area (Å²) in [5, 5.41) is 1.33. The summed E-state index contributed by atoms with van der Waals surface area (Å²) in [5.74, 6) is 1.09. The first-order valence-electron chi connectivity index (χ1n) is 9.74. The minimum absolute atomic E-state index is 0.128. The highest BCUT2D eigenvalue weighted by molar-refractivity contribution is 6.30. The van der Waals surface area contributed by atoms with Gasteiger partial charge in [-0.15, -0.1) is 0 Å². The van der Waals surface area contributed by atoms with Gasteiger partial charge in [0.05, 0.1) is 18.3 Å². The van der Waals surface area contributed by atoms with Gasteiger partial charge in [0, 0.05) is 22.4 Å². The number of carbonyl (C=O) groups excluding carboxylic acids is 2. The second-order valence-electron chi connectivity index (χ2n) is 6.93. The Morgan fingerprint density at radius 3 is 2.42 bits per heavy atom. The molecule has 0 aliphatic heterocycles. The number of hydrogen-bond donors (Lipinski definition) is 0. The fourth-order valence-electron chi connectivity index (χ4n) is 3.60. The van der Waals surface area contributed by atoms with Gasteiger partial charge in [-0.05, 0) is 60.2 Å².